The molecular formula is C24H37N5O4S2. The molecule has 2 saturated heterocycles. The van der Waals surface area contributed by atoms with Gasteiger partial charge in [-0.25, -0.2) is 23.1 Å². The number of hydrogen-bond donors (Lipinski definition) is 3. The van der Waals surface area contributed by atoms with Crippen LogP contribution in [0.2, 0.25) is 0 Å². The molecule has 2 aromatic rings. The number of nitrogens with zero attached hydrogens (tertiary/aromatic N) is 2. The van der Waals surface area contributed by atoms with E-state index in [4.69, 9.17) is 14.5 Å². The lowest BCUT2D eigenvalue weighted by atomic mass is 9.81. The van der Waals surface area contributed by atoms with E-state index in [0.29, 0.717) is 11.5 Å². The predicted octanol–water partition coefficient (Wildman–Crippen LogP) is 3.42. The molecule has 194 valence electrons. The molecule has 2 fully saturated rings. The molecule has 11 heteroatoms. The van der Waals surface area contributed by atoms with Crippen LogP contribution in [-0.4, -0.2) is 63.9 Å². The Balaban J connectivity index is 1.59. The van der Waals surface area contributed by atoms with Gasteiger partial charge in [-0.05, 0) is 57.1 Å². The monoisotopic (exact) mass is 523 g/mol. The van der Waals surface area contributed by atoms with Crippen LogP contribution in [0.5, 0.6) is 5.88 Å². The predicted molar refractivity (Wildman–Crippen MR) is 139 cm³/mol. The van der Waals surface area contributed by atoms with E-state index in [1.807, 2.05) is 6.92 Å². The highest BCUT2D eigenvalue weighted by Gasteiger charge is 2.36. The van der Waals surface area contributed by atoms with Crippen LogP contribution in [-0.2, 0) is 14.8 Å². The van der Waals surface area contributed by atoms with E-state index in [0.717, 1.165) is 61.3 Å². The lowest BCUT2D eigenvalue weighted by molar-refractivity contribution is 0.0622. The third kappa shape index (κ3) is 5.96. The fraction of sp³-hybridized carbons (Fsp3) is 0.667. The van der Waals surface area contributed by atoms with Gasteiger partial charge in [-0.2, -0.15) is 0 Å². The van der Waals surface area contributed by atoms with Gasteiger partial charge in [-0.3, -0.25) is 0 Å². The number of aryl methyl sites for hydroxylation is 1. The summed E-state index contributed by atoms with van der Waals surface area (Å²) in [6.45, 7) is 11.4. The molecule has 0 aromatic carbocycles. The number of thiazole rings is 1. The number of methoxy groups -OCH3 is 1. The lowest BCUT2D eigenvalue weighted by Crippen LogP contribution is -2.54. The molecule has 0 bridgehead atoms. The molecule has 3 N–H and O–H groups in total. The molecule has 2 aromatic heterocycles. The summed E-state index contributed by atoms with van der Waals surface area (Å²) < 4.78 is 40.7. The van der Waals surface area contributed by atoms with Crippen LogP contribution in [0, 0.1) is 18.3 Å². The summed E-state index contributed by atoms with van der Waals surface area (Å²) in [5, 5.41) is 7.71. The zero-order valence-electron chi connectivity index (χ0n) is 21.2. The summed E-state index contributed by atoms with van der Waals surface area (Å²) in [7, 11) is -2.41. The van der Waals surface area contributed by atoms with Gasteiger partial charge in [-0.15, -0.1) is 0 Å². The van der Waals surface area contributed by atoms with Gasteiger partial charge >= 0.3 is 0 Å². The zero-order chi connectivity index (χ0) is 25.2. The minimum Gasteiger partial charge on any atom is -0.480 e. The number of nitrogens with one attached hydrogen (secondary N) is 3. The van der Waals surface area contributed by atoms with E-state index in [1.54, 1.807) is 12.3 Å². The molecule has 9 nitrogen and oxygen atoms in total. The van der Waals surface area contributed by atoms with Gasteiger partial charge in [0.2, 0.25) is 15.9 Å². The molecule has 0 radical (unpaired) electrons. The molecule has 2 aliphatic rings. The van der Waals surface area contributed by atoms with E-state index in [-0.39, 0.29) is 28.3 Å². The van der Waals surface area contributed by atoms with Crippen molar-refractivity contribution >= 4 is 26.5 Å². The van der Waals surface area contributed by atoms with Crippen LogP contribution in [0.4, 0.5) is 5.13 Å². The maximum atomic E-state index is 13.5. The first-order chi connectivity index (χ1) is 16.6. The molecule has 4 rings (SSSR count). The van der Waals surface area contributed by atoms with Crippen LogP contribution in [0.3, 0.4) is 0 Å². The average molecular weight is 524 g/mol. The van der Waals surface area contributed by atoms with Crippen molar-refractivity contribution < 1.29 is 17.9 Å². The van der Waals surface area contributed by atoms with Crippen molar-refractivity contribution in [2.75, 3.05) is 38.7 Å². The van der Waals surface area contributed by atoms with Crippen molar-refractivity contribution in [2.45, 2.75) is 63.9 Å². The largest absolute Gasteiger partial charge is 0.480 e. The number of hydrogen-bond acceptors (Lipinski definition) is 9. The van der Waals surface area contributed by atoms with E-state index in [2.05, 4.69) is 41.1 Å². The van der Waals surface area contributed by atoms with Crippen molar-refractivity contribution in [3.63, 3.8) is 0 Å². The van der Waals surface area contributed by atoms with E-state index in [9.17, 15) is 8.42 Å². The number of pyridine rings is 1. The molecule has 0 saturated carbocycles. The average Bonchev–Trinajstić information content (AvgIpc) is 3.20. The highest BCUT2D eigenvalue weighted by Crippen LogP contribution is 2.37. The Kier molecular flexibility index (Phi) is 8.02. The van der Waals surface area contributed by atoms with Crippen molar-refractivity contribution in [1.29, 1.82) is 0 Å². The Morgan fingerprint density at radius 3 is 2.71 bits per heavy atom. The second-order valence-electron chi connectivity index (χ2n) is 10.2. The van der Waals surface area contributed by atoms with Crippen LogP contribution in [0.25, 0.3) is 10.4 Å². The molecule has 2 aliphatic heterocycles. The lowest BCUT2D eigenvalue weighted by Gasteiger charge is -2.39. The summed E-state index contributed by atoms with van der Waals surface area (Å²) in [5.41, 5.74) is 1.33. The first-order valence-corrected chi connectivity index (χ1v) is 14.5. The Morgan fingerprint density at radius 1 is 1.29 bits per heavy atom. The maximum Gasteiger partial charge on any atom is 0.246 e. The second-order valence-corrected chi connectivity index (χ2v) is 12.9. The molecule has 4 heterocycles. The molecule has 0 aliphatic carbocycles. The minimum absolute atomic E-state index is 0.0460. The van der Waals surface area contributed by atoms with Crippen LogP contribution < -0.4 is 20.1 Å². The summed E-state index contributed by atoms with van der Waals surface area (Å²) >= 11 is 1.52. The Morgan fingerprint density at radius 2 is 2.03 bits per heavy atom. The smallest absolute Gasteiger partial charge is 0.246 e. The molecular weight excluding hydrogens is 486 g/mol. The van der Waals surface area contributed by atoms with Crippen molar-refractivity contribution in [2.24, 2.45) is 11.3 Å². The second kappa shape index (κ2) is 10.7. The normalized spacial score (nSPS) is 22.0. The first kappa shape index (κ1) is 26.3. The number of sulfonamides is 1. The number of piperidine rings is 1. The summed E-state index contributed by atoms with van der Waals surface area (Å²) in [4.78, 5) is 9.99. The number of rotatable bonds is 8. The van der Waals surface area contributed by atoms with E-state index < -0.39 is 10.0 Å². The third-order valence-corrected chi connectivity index (χ3v) is 9.72. The topological polar surface area (TPSA) is 114 Å². The van der Waals surface area contributed by atoms with Gasteiger partial charge < -0.3 is 20.1 Å². The van der Waals surface area contributed by atoms with Crippen LogP contribution >= 0.6 is 11.3 Å². The number of anilines is 1. The number of aromatic nitrogens is 2. The third-order valence-electron chi connectivity index (χ3n) is 7.12. The van der Waals surface area contributed by atoms with Gasteiger partial charge in [-0.1, -0.05) is 25.2 Å². The van der Waals surface area contributed by atoms with Gasteiger partial charge in [0.15, 0.2) is 5.13 Å². The molecule has 0 amide bonds. The van der Waals surface area contributed by atoms with Gasteiger partial charge in [0.1, 0.15) is 4.90 Å². The van der Waals surface area contributed by atoms with Gasteiger partial charge in [0, 0.05) is 43.6 Å². The molecule has 2 atom stereocenters. The molecule has 2 unspecified atom stereocenters. The van der Waals surface area contributed by atoms with Gasteiger partial charge in [0.05, 0.1) is 17.7 Å². The Bertz CT molecular complexity index is 1130. The zero-order valence-corrected chi connectivity index (χ0v) is 22.8. The summed E-state index contributed by atoms with van der Waals surface area (Å²) in [6.07, 6.45) is 4.44. The van der Waals surface area contributed by atoms with E-state index >= 15 is 0 Å². The first-order valence-electron chi connectivity index (χ1n) is 12.2. The van der Waals surface area contributed by atoms with Crippen molar-refractivity contribution in [3.05, 3.63) is 18.0 Å². The van der Waals surface area contributed by atoms with E-state index in [1.165, 1.54) is 18.4 Å². The fourth-order valence-corrected chi connectivity index (χ4v) is 7.43. The summed E-state index contributed by atoms with van der Waals surface area (Å²) in [6, 6.07) is 1.74. The quantitative estimate of drug-likeness (QED) is 0.482. The highest BCUT2D eigenvalue weighted by molar-refractivity contribution is 7.89. The molecule has 0 spiro atoms. The highest BCUT2D eigenvalue weighted by atomic mass is 32.2. The molecule has 35 heavy (non-hydrogen) atoms. The van der Waals surface area contributed by atoms with Crippen LogP contribution in [0.1, 0.15) is 45.7 Å². The minimum atomic E-state index is -3.85. The SMILES string of the molecule is COc1ncc(-c2sc(NC(C)C3CCOCC3)nc2C)cc1S(=O)(=O)NC1CCNCC1(C)C. The van der Waals surface area contributed by atoms with Crippen molar-refractivity contribution in [1.82, 2.24) is 20.0 Å². The Hall–Kier alpha value is -1.79. The standard InChI is InChI=1S/C24H37N5O4S2/c1-15(17-7-10-33-11-8-17)27-23-28-16(2)21(34-23)18-12-19(22(32-5)26-13-18)35(30,31)29-20-6-9-25-14-24(20,3)4/h12-13,15,17,20,25,29H,6-11,14H2,1-5H3,(H,27,28). The Labute approximate surface area is 212 Å². The summed E-state index contributed by atoms with van der Waals surface area (Å²) in [5.74, 6) is 0.628. The van der Waals surface area contributed by atoms with Crippen molar-refractivity contribution in [3.8, 4) is 16.3 Å². The fourth-order valence-electron chi connectivity index (χ4n) is 4.80. The van der Waals surface area contributed by atoms with Crippen LogP contribution in [0.15, 0.2) is 17.2 Å². The number of ether oxygens (including phenoxy) is 2. The maximum absolute atomic E-state index is 13.5. The van der Waals surface area contributed by atoms with Gasteiger partial charge in [0.25, 0.3) is 0 Å².